The quantitative estimate of drug-likeness (QED) is 0.817. The van der Waals surface area contributed by atoms with E-state index in [0.717, 1.165) is 19.0 Å². The molecule has 1 aliphatic carbocycles. The number of rotatable bonds is 7. The van der Waals surface area contributed by atoms with Gasteiger partial charge in [0.1, 0.15) is 0 Å². The van der Waals surface area contributed by atoms with E-state index in [9.17, 15) is 0 Å². The fourth-order valence-corrected chi connectivity index (χ4v) is 2.31. The Labute approximate surface area is 117 Å². The lowest BCUT2D eigenvalue weighted by molar-refractivity contribution is 0.204. The largest absolute Gasteiger partial charge is 0.313 e. The maximum Gasteiger partial charge on any atom is 0.0630 e. The van der Waals surface area contributed by atoms with Crippen LogP contribution in [0.2, 0.25) is 0 Å². The minimum absolute atomic E-state index is 0.290. The molecule has 108 valence electrons. The second-order valence-electron chi connectivity index (χ2n) is 7.02. The number of nitrogens with one attached hydrogen (secondary N) is 1. The number of nitrogens with zero attached hydrogens (tertiary/aromatic N) is 2. The molecule has 0 radical (unpaired) electrons. The van der Waals surface area contributed by atoms with Gasteiger partial charge in [0.15, 0.2) is 0 Å². The van der Waals surface area contributed by atoms with Gasteiger partial charge in [0, 0.05) is 24.8 Å². The lowest BCUT2D eigenvalue weighted by atomic mass is 9.75. The highest BCUT2D eigenvalue weighted by Crippen LogP contribution is 2.32. The third kappa shape index (κ3) is 3.82. The molecule has 0 amide bonds. The average Bonchev–Trinajstić information content (AvgIpc) is 3.05. The van der Waals surface area contributed by atoms with Crippen LogP contribution >= 0.6 is 0 Å². The minimum Gasteiger partial charge on any atom is -0.313 e. The summed E-state index contributed by atoms with van der Waals surface area (Å²) < 4.78 is 2.06. The first-order valence-electron chi connectivity index (χ1n) is 7.68. The first kappa shape index (κ1) is 14.6. The molecule has 0 saturated heterocycles. The third-order valence-electron chi connectivity index (χ3n) is 4.54. The molecule has 1 saturated carbocycles. The first-order chi connectivity index (χ1) is 8.90. The molecule has 19 heavy (non-hydrogen) atoms. The molecule has 0 aliphatic heterocycles. The van der Waals surface area contributed by atoms with Crippen LogP contribution in [0.3, 0.4) is 0 Å². The van der Waals surface area contributed by atoms with E-state index < -0.39 is 0 Å². The summed E-state index contributed by atoms with van der Waals surface area (Å²) in [5.74, 6) is 0.656. The van der Waals surface area contributed by atoms with E-state index in [1.54, 1.807) is 0 Å². The SMILES string of the molecule is CC(C)n1ccc(CC(C)(CNC2CC2)C(C)C)n1. The Balaban J connectivity index is 2.01. The standard InChI is InChI=1S/C16H29N3/c1-12(2)16(5,11-17-14-6-7-14)10-15-8-9-19(18-15)13(3)4/h8-9,12-14,17H,6-7,10-11H2,1-5H3. The normalized spacial score (nSPS) is 19.1. The minimum atomic E-state index is 0.290. The van der Waals surface area contributed by atoms with Crippen LogP contribution in [-0.4, -0.2) is 22.4 Å². The van der Waals surface area contributed by atoms with Gasteiger partial charge in [0.25, 0.3) is 0 Å². The Kier molecular flexibility index (Phi) is 4.34. The van der Waals surface area contributed by atoms with Crippen LogP contribution in [0.1, 0.15) is 59.2 Å². The van der Waals surface area contributed by atoms with Gasteiger partial charge in [0.2, 0.25) is 0 Å². The van der Waals surface area contributed by atoms with E-state index in [-0.39, 0.29) is 0 Å². The number of hydrogen-bond donors (Lipinski definition) is 1. The second kappa shape index (κ2) is 5.66. The lowest BCUT2D eigenvalue weighted by Crippen LogP contribution is -2.39. The maximum atomic E-state index is 4.71. The van der Waals surface area contributed by atoms with Gasteiger partial charge in [-0.3, -0.25) is 4.68 Å². The maximum absolute atomic E-state index is 4.71. The number of hydrogen-bond acceptors (Lipinski definition) is 2. The van der Waals surface area contributed by atoms with Crippen molar-refractivity contribution in [3.8, 4) is 0 Å². The molecule has 0 spiro atoms. The van der Waals surface area contributed by atoms with Gasteiger partial charge < -0.3 is 5.32 Å². The van der Waals surface area contributed by atoms with E-state index in [4.69, 9.17) is 5.10 Å². The summed E-state index contributed by atoms with van der Waals surface area (Å²) >= 11 is 0. The first-order valence-corrected chi connectivity index (χ1v) is 7.68. The molecule has 1 atom stereocenters. The fraction of sp³-hybridized carbons (Fsp3) is 0.812. The highest BCUT2D eigenvalue weighted by atomic mass is 15.3. The van der Waals surface area contributed by atoms with Crippen LogP contribution in [0.5, 0.6) is 0 Å². The molecule has 1 aromatic heterocycles. The molecule has 1 aliphatic rings. The lowest BCUT2D eigenvalue weighted by Gasteiger charge is -2.33. The summed E-state index contributed by atoms with van der Waals surface area (Å²) in [5, 5.41) is 8.40. The molecule has 1 N–H and O–H groups in total. The topological polar surface area (TPSA) is 29.9 Å². The Hall–Kier alpha value is -0.830. The Morgan fingerprint density at radius 2 is 2.05 bits per heavy atom. The van der Waals surface area contributed by atoms with Gasteiger partial charge in [-0.2, -0.15) is 5.10 Å². The molecule has 1 unspecified atom stereocenters. The van der Waals surface area contributed by atoms with Gasteiger partial charge in [0.05, 0.1) is 5.69 Å². The van der Waals surface area contributed by atoms with E-state index in [0.29, 0.717) is 17.4 Å². The highest BCUT2D eigenvalue weighted by molar-refractivity contribution is 5.04. The molecule has 1 fully saturated rings. The third-order valence-corrected chi connectivity index (χ3v) is 4.54. The highest BCUT2D eigenvalue weighted by Gasteiger charge is 2.32. The van der Waals surface area contributed by atoms with Crippen molar-refractivity contribution in [2.45, 2.75) is 66.0 Å². The van der Waals surface area contributed by atoms with Crippen molar-refractivity contribution >= 4 is 0 Å². The van der Waals surface area contributed by atoms with Gasteiger partial charge in [-0.15, -0.1) is 0 Å². The molecule has 0 bridgehead atoms. The molecule has 0 aromatic carbocycles. The molecular formula is C16H29N3. The Morgan fingerprint density at radius 1 is 1.37 bits per heavy atom. The van der Waals surface area contributed by atoms with Crippen molar-refractivity contribution < 1.29 is 0 Å². The zero-order chi connectivity index (χ0) is 14.0. The van der Waals surface area contributed by atoms with Gasteiger partial charge >= 0.3 is 0 Å². The van der Waals surface area contributed by atoms with Crippen LogP contribution < -0.4 is 5.32 Å². The van der Waals surface area contributed by atoms with Crippen molar-refractivity contribution in [1.29, 1.82) is 0 Å². The van der Waals surface area contributed by atoms with Crippen molar-refractivity contribution in [3.63, 3.8) is 0 Å². The van der Waals surface area contributed by atoms with Crippen LogP contribution in [0, 0.1) is 11.3 Å². The average molecular weight is 263 g/mol. The molecule has 1 aromatic rings. The van der Waals surface area contributed by atoms with E-state index in [1.165, 1.54) is 18.5 Å². The summed E-state index contributed by atoms with van der Waals surface area (Å²) in [7, 11) is 0. The van der Waals surface area contributed by atoms with Crippen molar-refractivity contribution in [2.24, 2.45) is 11.3 Å². The monoisotopic (exact) mass is 263 g/mol. The van der Waals surface area contributed by atoms with Crippen LogP contribution in [0.25, 0.3) is 0 Å². The van der Waals surface area contributed by atoms with Crippen molar-refractivity contribution in [1.82, 2.24) is 15.1 Å². The molecule has 1 heterocycles. The predicted octanol–water partition coefficient (Wildman–Crippen LogP) is 3.42. The fourth-order valence-electron chi connectivity index (χ4n) is 2.31. The Bertz CT molecular complexity index is 404. The smallest absolute Gasteiger partial charge is 0.0630 e. The van der Waals surface area contributed by atoms with Crippen molar-refractivity contribution in [2.75, 3.05) is 6.54 Å². The van der Waals surface area contributed by atoms with Crippen LogP contribution in [-0.2, 0) is 6.42 Å². The predicted molar refractivity (Wildman–Crippen MR) is 80.3 cm³/mol. The number of aromatic nitrogens is 2. The summed E-state index contributed by atoms with van der Waals surface area (Å²) in [5.41, 5.74) is 1.51. The van der Waals surface area contributed by atoms with Crippen LogP contribution in [0.4, 0.5) is 0 Å². The summed E-state index contributed by atoms with van der Waals surface area (Å²) in [6.45, 7) is 12.5. The summed E-state index contributed by atoms with van der Waals surface area (Å²) in [6, 6.07) is 3.41. The van der Waals surface area contributed by atoms with Gasteiger partial charge in [-0.25, -0.2) is 0 Å². The molecule has 3 heteroatoms. The Morgan fingerprint density at radius 3 is 2.53 bits per heavy atom. The zero-order valence-electron chi connectivity index (χ0n) is 13.1. The second-order valence-corrected chi connectivity index (χ2v) is 7.02. The van der Waals surface area contributed by atoms with Gasteiger partial charge in [-0.05, 0) is 50.5 Å². The zero-order valence-corrected chi connectivity index (χ0v) is 13.1. The van der Waals surface area contributed by atoms with E-state index in [1.807, 2.05) is 0 Å². The van der Waals surface area contributed by atoms with Gasteiger partial charge in [-0.1, -0.05) is 20.8 Å². The van der Waals surface area contributed by atoms with E-state index in [2.05, 4.69) is 56.9 Å². The summed E-state index contributed by atoms with van der Waals surface area (Å²) in [6.07, 6.45) is 5.88. The van der Waals surface area contributed by atoms with Crippen LogP contribution in [0.15, 0.2) is 12.3 Å². The summed E-state index contributed by atoms with van der Waals surface area (Å²) in [4.78, 5) is 0. The molecular weight excluding hydrogens is 234 g/mol. The molecule has 2 rings (SSSR count). The molecule has 3 nitrogen and oxygen atoms in total. The van der Waals surface area contributed by atoms with Crippen molar-refractivity contribution in [3.05, 3.63) is 18.0 Å². The van der Waals surface area contributed by atoms with E-state index >= 15 is 0 Å².